The minimum absolute atomic E-state index is 0.275. The second kappa shape index (κ2) is 7.09. The molecular weight excluding hydrogens is 314 g/mol. The molecule has 0 atom stereocenters. The molecule has 0 saturated carbocycles. The highest BCUT2D eigenvalue weighted by Crippen LogP contribution is 2.27. The van der Waals surface area contributed by atoms with E-state index in [-0.39, 0.29) is 5.91 Å². The van der Waals surface area contributed by atoms with Gasteiger partial charge in [-0.1, -0.05) is 6.07 Å². The first kappa shape index (κ1) is 15.9. The van der Waals surface area contributed by atoms with Gasteiger partial charge in [0.15, 0.2) is 5.65 Å². The van der Waals surface area contributed by atoms with Crippen LogP contribution >= 0.6 is 0 Å². The SMILES string of the molecule is O=C(CCCn1cccc1)N1CCC(c2nnc3ccccn23)CC1. The van der Waals surface area contributed by atoms with Crippen molar-refractivity contribution in [3.63, 3.8) is 0 Å². The molecule has 0 aromatic carbocycles. The van der Waals surface area contributed by atoms with Gasteiger partial charge in [0.2, 0.25) is 5.91 Å². The van der Waals surface area contributed by atoms with E-state index in [0.717, 1.165) is 50.4 Å². The van der Waals surface area contributed by atoms with E-state index in [2.05, 4.69) is 19.2 Å². The van der Waals surface area contributed by atoms with E-state index in [1.165, 1.54) is 0 Å². The maximum atomic E-state index is 12.4. The number of piperidine rings is 1. The van der Waals surface area contributed by atoms with Crippen LogP contribution in [-0.4, -0.2) is 43.1 Å². The Balaban J connectivity index is 1.29. The van der Waals surface area contributed by atoms with Crippen LogP contribution in [0.2, 0.25) is 0 Å². The van der Waals surface area contributed by atoms with Gasteiger partial charge in [0.05, 0.1) is 0 Å². The number of carbonyl (C=O) groups excluding carboxylic acids is 1. The molecule has 0 radical (unpaired) electrons. The van der Waals surface area contributed by atoms with E-state index in [0.29, 0.717) is 12.3 Å². The summed E-state index contributed by atoms with van der Waals surface area (Å²) in [6.45, 7) is 2.53. The Hall–Kier alpha value is -2.63. The second-order valence-electron chi connectivity index (χ2n) is 6.67. The molecule has 1 saturated heterocycles. The normalized spacial score (nSPS) is 15.8. The number of likely N-dealkylation sites (tertiary alicyclic amines) is 1. The van der Waals surface area contributed by atoms with Gasteiger partial charge >= 0.3 is 0 Å². The molecule has 1 fully saturated rings. The molecule has 25 heavy (non-hydrogen) atoms. The fraction of sp³-hybridized carbons (Fsp3) is 0.421. The molecular formula is C19H23N5O. The van der Waals surface area contributed by atoms with Crippen LogP contribution in [-0.2, 0) is 11.3 Å². The van der Waals surface area contributed by atoms with Crippen molar-refractivity contribution in [3.05, 3.63) is 54.7 Å². The van der Waals surface area contributed by atoms with Gasteiger partial charge in [-0.2, -0.15) is 0 Å². The van der Waals surface area contributed by atoms with E-state index in [4.69, 9.17) is 0 Å². The van der Waals surface area contributed by atoms with Crippen LogP contribution in [0.5, 0.6) is 0 Å². The summed E-state index contributed by atoms with van der Waals surface area (Å²) in [5.74, 6) is 1.67. The lowest BCUT2D eigenvalue weighted by atomic mass is 9.95. The van der Waals surface area contributed by atoms with Gasteiger partial charge < -0.3 is 9.47 Å². The Kier molecular flexibility index (Phi) is 4.50. The number of pyridine rings is 1. The number of fused-ring (bicyclic) bond motifs is 1. The van der Waals surface area contributed by atoms with Crippen molar-refractivity contribution in [1.82, 2.24) is 24.1 Å². The van der Waals surface area contributed by atoms with Gasteiger partial charge in [0.25, 0.3) is 0 Å². The molecule has 3 aromatic rings. The Morgan fingerprint density at radius 1 is 1.04 bits per heavy atom. The number of amides is 1. The Labute approximate surface area is 147 Å². The predicted octanol–water partition coefficient (Wildman–Crippen LogP) is 2.72. The van der Waals surface area contributed by atoms with E-state index in [1.54, 1.807) is 0 Å². The molecule has 3 aromatic heterocycles. The molecule has 6 nitrogen and oxygen atoms in total. The molecule has 0 unspecified atom stereocenters. The quantitative estimate of drug-likeness (QED) is 0.719. The van der Waals surface area contributed by atoms with Crippen molar-refractivity contribution < 1.29 is 4.79 Å². The summed E-state index contributed by atoms with van der Waals surface area (Å²) in [4.78, 5) is 14.4. The summed E-state index contributed by atoms with van der Waals surface area (Å²) in [5.41, 5.74) is 0.890. The zero-order valence-electron chi connectivity index (χ0n) is 14.3. The molecule has 1 amide bonds. The lowest BCUT2D eigenvalue weighted by molar-refractivity contribution is -0.132. The van der Waals surface area contributed by atoms with Crippen molar-refractivity contribution in [2.75, 3.05) is 13.1 Å². The molecule has 0 aliphatic carbocycles. The maximum Gasteiger partial charge on any atom is 0.222 e. The number of aromatic nitrogens is 4. The lowest BCUT2D eigenvalue weighted by Gasteiger charge is -2.31. The van der Waals surface area contributed by atoms with E-state index < -0.39 is 0 Å². The molecule has 0 bridgehead atoms. The minimum Gasteiger partial charge on any atom is -0.354 e. The standard InChI is InChI=1S/C19H23N5O/c25-18(7-5-12-22-10-3-4-11-22)23-14-8-16(9-15-23)19-21-20-17-6-1-2-13-24(17)19/h1-4,6,10-11,13,16H,5,7-9,12,14-15H2. The molecule has 4 rings (SSSR count). The maximum absolute atomic E-state index is 12.4. The largest absolute Gasteiger partial charge is 0.354 e. The fourth-order valence-electron chi connectivity index (χ4n) is 3.62. The van der Waals surface area contributed by atoms with E-state index >= 15 is 0 Å². The first-order valence-electron chi connectivity index (χ1n) is 8.99. The average Bonchev–Trinajstić information content (AvgIpc) is 3.31. The monoisotopic (exact) mass is 337 g/mol. The number of hydrogen-bond donors (Lipinski definition) is 0. The fourth-order valence-corrected chi connectivity index (χ4v) is 3.62. The van der Waals surface area contributed by atoms with E-state index in [9.17, 15) is 4.79 Å². The van der Waals surface area contributed by atoms with Gasteiger partial charge in [0.1, 0.15) is 5.82 Å². The lowest BCUT2D eigenvalue weighted by Crippen LogP contribution is -2.38. The van der Waals surface area contributed by atoms with Crippen LogP contribution < -0.4 is 0 Å². The zero-order chi connectivity index (χ0) is 17.1. The molecule has 0 N–H and O–H groups in total. The van der Waals surface area contributed by atoms with Crippen molar-refractivity contribution in [1.29, 1.82) is 0 Å². The van der Waals surface area contributed by atoms with Crippen molar-refractivity contribution >= 4 is 11.6 Å². The Bertz CT molecular complexity index is 831. The summed E-state index contributed by atoms with van der Waals surface area (Å²) >= 11 is 0. The summed E-state index contributed by atoms with van der Waals surface area (Å²) in [5, 5.41) is 8.62. The topological polar surface area (TPSA) is 55.4 Å². The number of hydrogen-bond acceptors (Lipinski definition) is 3. The number of aryl methyl sites for hydroxylation is 1. The van der Waals surface area contributed by atoms with E-state index in [1.807, 2.05) is 53.8 Å². The van der Waals surface area contributed by atoms with Gasteiger partial charge in [0, 0.05) is 50.6 Å². The third-order valence-electron chi connectivity index (χ3n) is 5.03. The molecule has 1 aliphatic rings. The number of rotatable bonds is 5. The van der Waals surface area contributed by atoms with Gasteiger partial charge in [-0.25, -0.2) is 0 Å². The van der Waals surface area contributed by atoms with Gasteiger partial charge in [-0.05, 0) is 43.5 Å². The average molecular weight is 337 g/mol. The summed E-state index contributed by atoms with van der Waals surface area (Å²) in [6.07, 6.45) is 9.53. The molecule has 0 spiro atoms. The summed E-state index contributed by atoms with van der Waals surface area (Å²) < 4.78 is 4.19. The highest BCUT2D eigenvalue weighted by molar-refractivity contribution is 5.76. The molecule has 1 aliphatic heterocycles. The molecule has 130 valence electrons. The predicted molar refractivity (Wildman–Crippen MR) is 95.2 cm³/mol. The molecule has 4 heterocycles. The van der Waals surface area contributed by atoms with Crippen LogP contribution in [0.4, 0.5) is 0 Å². The Morgan fingerprint density at radius 3 is 2.60 bits per heavy atom. The number of carbonyl (C=O) groups is 1. The van der Waals surface area contributed by atoms with Gasteiger partial charge in [-0.3, -0.25) is 9.20 Å². The second-order valence-corrected chi connectivity index (χ2v) is 6.67. The first-order valence-corrected chi connectivity index (χ1v) is 8.99. The summed E-state index contributed by atoms with van der Waals surface area (Å²) in [6, 6.07) is 9.98. The van der Waals surface area contributed by atoms with Crippen LogP contribution in [0.25, 0.3) is 5.65 Å². The molecule has 6 heteroatoms. The highest BCUT2D eigenvalue weighted by Gasteiger charge is 2.26. The Morgan fingerprint density at radius 2 is 1.80 bits per heavy atom. The van der Waals surface area contributed by atoms with Crippen LogP contribution in [0.1, 0.15) is 37.4 Å². The van der Waals surface area contributed by atoms with Crippen LogP contribution in [0, 0.1) is 0 Å². The zero-order valence-corrected chi connectivity index (χ0v) is 14.3. The first-order chi connectivity index (χ1) is 12.3. The number of nitrogens with zero attached hydrogens (tertiary/aromatic N) is 5. The summed E-state index contributed by atoms with van der Waals surface area (Å²) in [7, 11) is 0. The minimum atomic E-state index is 0.275. The van der Waals surface area contributed by atoms with Crippen LogP contribution in [0.3, 0.4) is 0 Å². The van der Waals surface area contributed by atoms with Crippen molar-refractivity contribution in [2.24, 2.45) is 0 Å². The third-order valence-corrected chi connectivity index (χ3v) is 5.03. The van der Waals surface area contributed by atoms with Crippen LogP contribution in [0.15, 0.2) is 48.9 Å². The highest BCUT2D eigenvalue weighted by atomic mass is 16.2. The van der Waals surface area contributed by atoms with Crippen molar-refractivity contribution in [2.45, 2.75) is 38.1 Å². The smallest absolute Gasteiger partial charge is 0.222 e. The van der Waals surface area contributed by atoms with Crippen molar-refractivity contribution in [3.8, 4) is 0 Å². The third kappa shape index (κ3) is 3.43. The van der Waals surface area contributed by atoms with Gasteiger partial charge in [-0.15, -0.1) is 10.2 Å².